The highest BCUT2D eigenvalue weighted by atomic mass is 16.5. The number of amides is 1. The number of rotatable bonds is 19. The lowest BCUT2D eigenvalue weighted by Crippen LogP contribution is -2.51. The van der Waals surface area contributed by atoms with Crippen LogP contribution in [0.25, 0.3) is 11.1 Å². The van der Waals surface area contributed by atoms with Gasteiger partial charge in [0.25, 0.3) is 0 Å². The largest absolute Gasteiger partial charge is 0.490 e. The van der Waals surface area contributed by atoms with E-state index in [-0.39, 0.29) is 36.2 Å². The Morgan fingerprint density at radius 3 is 2.38 bits per heavy atom. The van der Waals surface area contributed by atoms with Gasteiger partial charge in [-0.1, -0.05) is 43.3 Å². The maximum Gasteiger partial charge on any atom is 0.222 e. The maximum atomic E-state index is 13.2. The molecule has 2 aliphatic carbocycles. The lowest BCUT2D eigenvalue weighted by Gasteiger charge is -2.33. The summed E-state index contributed by atoms with van der Waals surface area (Å²) in [5, 5.41) is 49.4. The van der Waals surface area contributed by atoms with E-state index in [1.807, 2.05) is 26.1 Å². The summed E-state index contributed by atoms with van der Waals surface area (Å²) >= 11 is 0. The Kier molecular flexibility index (Phi) is 12.7. The number of aliphatic hydroxyl groups excluding tert-OH is 5. The van der Waals surface area contributed by atoms with Gasteiger partial charge in [-0.05, 0) is 123 Å². The van der Waals surface area contributed by atoms with Gasteiger partial charge in [0, 0.05) is 37.0 Å². The minimum atomic E-state index is -1.73. The number of ether oxygens (including phenoxy) is 1. The molecule has 50 heavy (non-hydrogen) atoms. The Morgan fingerprint density at radius 2 is 1.70 bits per heavy atom. The lowest BCUT2D eigenvalue weighted by atomic mass is 9.84. The first-order chi connectivity index (χ1) is 23.9. The maximum absolute atomic E-state index is 13.2. The molecule has 0 spiro atoms. The third kappa shape index (κ3) is 9.30. The van der Waals surface area contributed by atoms with Crippen molar-refractivity contribution in [2.75, 3.05) is 13.2 Å². The molecule has 2 aromatic carbocycles. The Bertz CT molecular complexity index is 1570. The standard InChI is InChI=1S/C41H56N2O7/c1-26(2)43(24-35(45)39(48)40(49)36(46)25-44)38(47)11-7-8-27(3)29-13-12-28(4)30(22-29)16-18-41(19-20-41)34-23-42-21-17-32(34)33-9-5-6-10-37(33)50-31-14-15-31/h5-6,9-10,12-13,17,21-23,26-27,31,35-36,39-40,44-46,48-49H,7-8,11,14-16,18-20,24-25H2,1-4H3/t27?,35-,36+,39+,40+/m0/s1. The molecule has 9 heteroatoms. The number of pyridine rings is 1. The molecule has 0 saturated heterocycles. The van der Waals surface area contributed by atoms with Crippen LogP contribution in [-0.2, 0) is 16.6 Å². The summed E-state index contributed by atoms with van der Waals surface area (Å²) < 4.78 is 6.30. The third-order valence-corrected chi connectivity index (χ3v) is 10.7. The quantitative estimate of drug-likeness (QED) is 0.116. The monoisotopic (exact) mass is 688 g/mol. The summed E-state index contributed by atoms with van der Waals surface area (Å²) in [6, 6.07) is 17.0. The molecule has 5 rings (SSSR count). The number of nitrogens with zero attached hydrogens (tertiary/aromatic N) is 2. The van der Waals surface area contributed by atoms with E-state index in [0.29, 0.717) is 12.5 Å². The summed E-state index contributed by atoms with van der Waals surface area (Å²) in [7, 11) is 0. The van der Waals surface area contributed by atoms with E-state index >= 15 is 0 Å². The summed E-state index contributed by atoms with van der Waals surface area (Å²) in [6.07, 6.45) is 6.13. The van der Waals surface area contributed by atoms with Crippen molar-refractivity contribution < 1.29 is 35.1 Å². The molecule has 0 bridgehead atoms. The van der Waals surface area contributed by atoms with Crippen LogP contribution in [-0.4, -0.2) is 91.0 Å². The van der Waals surface area contributed by atoms with Gasteiger partial charge in [0.05, 0.1) is 12.7 Å². The molecule has 2 saturated carbocycles. The van der Waals surface area contributed by atoms with E-state index in [1.54, 1.807) is 0 Å². The summed E-state index contributed by atoms with van der Waals surface area (Å²) in [4.78, 5) is 19.2. The van der Waals surface area contributed by atoms with Crippen LogP contribution in [0.2, 0.25) is 0 Å². The number of para-hydroxylation sites is 1. The fraction of sp³-hybridized carbons (Fsp3) is 0.561. The summed E-state index contributed by atoms with van der Waals surface area (Å²) in [5.41, 5.74) is 7.69. The van der Waals surface area contributed by atoms with Gasteiger partial charge in [0.1, 0.15) is 30.2 Å². The van der Waals surface area contributed by atoms with E-state index in [2.05, 4.69) is 67.5 Å². The Hall–Kier alpha value is -3.34. The van der Waals surface area contributed by atoms with Crippen molar-refractivity contribution in [3.63, 3.8) is 0 Å². The second kappa shape index (κ2) is 16.8. The number of aromatic nitrogens is 1. The molecule has 0 radical (unpaired) electrons. The van der Waals surface area contributed by atoms with Crippen LogP contribution in [0.15, 0.2) is 60.9 Å². The van der Waals surface area contributed by atoms with E-state index in [9.17, 15) is 25.2 Å². The zero-order valence-electron chi connectivity index (χ0n) is 30.0. The van der Waals surface area contributed by atoms with Crippen molar-refractivity contribution in [2.45, 2.75) is 133 Å². The summed E-state index contributed by atoms with van der Waals surface area (Å²) in [5.74, 6) is 1.06. The Labute approximate surface area is 297 Å². The molecule has 1 unspecified atom stereocenters. The van der Waals surface area contributed by atoms with Gasteiger partial charge in [-0.15, -0.1) is 0 Å². The zero-order chi connectivity index (χ0) is 36.0. The predicted octanol–water partition coefficient (Wildman–Crippen LogP) is 5.21. The minimum absolute atomic E-state index is 0.105. The summed E-state index contributed by atoms with van der Waals surface area (Å²) in [6.45, 7) is 7.09. The average molecular weight is 689 g/mol. The SMILES string of the molecule is Cc1ccc(C(C)CCCC(=O)N(C[C@H](O)[C@@H](O)[C@H](O)[C@H](O)CO)C(C)C)cc1CCC1(c2cnccc2-c2ccccc2OC2CC2)CC1. The van der Waals surface area contributed by atoms with Crippen LogP contribution >= 0.6 is 0 Å². The van der Waals surface area contributed by atoms with Gasteiger partial charge in [-0.3, -0.25) is 9.78 Å². The van der Waals surface area contributed by atoms with Gasteiger partial charge < -0.3 is 35.2 Å². The number of carbonyl (C=O) groups is 1. The van der Waals surface area contributed by atoms with Gasteiger partial charge in [0.15, 0.2) is 0 Å². The van der Waals surface area contributed by atoms with Crippen molar-refractivity contribution in [3.8, 4) is 16.9 Å². The minimum Gasteiger partial charge on any atom is -0.490 e. The number of aryl methyl sites for hydroxylation is 2. The number of hydrogen-bond acceptors (Lipinski definition) is 8. The molecule has 5 N–H and O–H groups in total. The highest BCUT2D eigenvalue weighted by molar-refractivity contribution is 5.76. The molecule has 272 valence electrons. The predicted molar refractivity (Wildman–Crippen MR) is 194 cm³/mol. The highest BCUT2D eigenvalue weighted by Crippen LogP contribution is 2.55. The van der Waals surface area contributed by atoms with Crippen molar-refractivity contribution in [1.29, 1.82) is 0 Å². The number of benzene rings is 2. The van der Waals surface area contributed by atoms with Crippen LogP contribution < -0.4 is 4.74 Å². The van der Waals surface area contributed by atoms with Crippen molar-refractivity contribution >= 4 is 5.91 Å². The number of carbonyl (C=O) groups excluding carboxylic acids is 1. The molecule has 3 aromatic rings. The fourth-order valence-electron chi connectivity index (χ4n) is 7.00. The fourth-order valence-corrected chi connectivity index (χ4v) is 7.00. The van der Waals surface area contributed by atoms with Crippen molar-refractivity contribution in [1.82, 2.24) is 9.88 Å². The van der Waals surface area contributed by atoms with Gasteiger partial charge in [-0.2, -0.15) is 0 Å². The second-order valence-corrected chi connectivity index (χ2v) is 14.9. The van der Waals surface area contributed by atoms with E-state index in [1.165, 1.54) is 32.7 Å². The average Bonchev–Trinajstić information content (AvgIpc) is 4.06. The Balaban J connectivity index is 1.18. The van der Waals surface area contributed by atoms with Gasteiger partial charge in [-0.25, -0.2) is 0 Å². The first-order valence-corrected chi connectivity index (χ1v) is 18.4. The number of hydrogen-bond donors (Lipinski definition) is 5. The van der Waals surface area contributed by atoms with Crippen LogP contribution in [0.5, 0.6) is 5.75 Å². The van der Waals surface area contributed by atoms with Gasteiger partial charge in [0.2, 0.25) is 5.91 Å². The first kappa shape index (κ1) is 37.9. The molecular formula is C41H56N2O7. The normalized spacial score (nSPS) is 18.3. The smallest absolute Gasteiger partial charge is 0.222 e. The molecule has 1 heterocycles. The molecule has 1 aromatic heterocycles. The third-order valence-electron chi connectivity index (χ3n) is 10.7. The van der Waals surface area contributed by atoms with Crippen LogP contribution in [0, 0.1) is 6.92 Å². The lowest BCUT2D eigenvalue weighted by molar-refractivity contribution is -0.142. The number of aliphatic hydroxyl groups is 5. The zero-order valence-corrected chi connectivity index (χ0v) is 30.0. The van der Waals surface area contributed by atoms with E-state index < -0.39 is 31.0 Å². The highest BCUT2D eigenvalue weighted by Gasteiger charge is 2.45. The molecule has 2 fully saturated rings. The van der Waals surface area contributed by atoms with Gasteiger partial charge >= 0.3 is 0 Å². The Morgan fingerprint density at radius 1 is 0.980 bits per heavy atom. The molecule has 1 amide bonds. The van der Waals surface area contributed by atoms with Crippen LogP contribution in [0.1, 0.15) is 100 Å². The van der Waals surface area contributed by atoms with Crippen LogP contribution in [0.4, 0.5) is 0 Å². The van der Waals surface area contributed by atoms with E-state index in [4.69, 9.17) is 9.84 Å². The van der Waals surface area contributed by atoms with Crippen molar-refractivity contribution in [3.05, 3.63) is 83.2 Å². The molecule has 0 aliphatic heterocycles. The molecule has 5 atom stereocenters. The van der Waals surface area contributed by atoms with Crippen molar-refractivity contribution in [2.24, 2.45) is 0 Å². The molecule has 2 aliphatic rings. The molecule has 9 nitrogen and oxygen atoms in total. The van der Waals surface area contributed by atoms with Crippen LogP contribution in [0.3, 0.4) is 0 Å². The topological polar surface area (TPSA) is 144 Å². The first-order valence-electron chi connectivity index (χ1n) is 18.4. The van der Waals surface area contributed by atoms with E-state index in [0.717, 1.165) is 56.3 Å². The second-order valence-electron chi connectivity index (χ2n) is 14.9. The molecular weight excluding hydrogens is 632 g/mol.